The molecule has 2 aromatic rings. The maximum Gasteiger partial charge on any atom is 0.251 e. The Bertz CT molecular complexity index is 849. The van der Waals surface area contributed by atoms with Crippen LogP contribution in [0.5, 0.6) is 0 Å². The molecule has 1 heterocycles. The van der Waals surface area contributed by atoms with Gasteiger partial charge in [0.15, 0.2) is 0 Å². The maximum atomic E-state index is 12.1. The average Bonchev–Trinajstić information content (AvgIpc) is 2.75. The van der Waals surface area contributed by atoms with Gasteiger partial charge < -0.3 is 15.5 Å². The molecular formula is C23H29ClN4O2. The molecule has 1 aliphatic heterocycles. The van der Waals surface area contributed by atoms with E-state index in [0.29, 0.717) is 17.1 Å². The van der Waals surface area contributed by atoms with Crippen molar-refractivity contribution in [1.29, 1.82) is 0 Å². The van der Waals surface area contributed by atoms with Gasteiger partial charge in [-0.1, -0.05) is 35.9 Å². The second-order valence-electron chi connectivity index (χ2n) is 7.69. The van der Waals surface area contributed by atoms with Crippen LogP contribution >= 0.6 is 11.6 Å². The molecule has 0 unspecified atom stereocenters. The normalized spacial score (nSPS) is 15.0. The van der Waals surface area contributed by atoms with Crippen molar-refractivity contribution in [1.82, 2.24) is 20.4 Å². The van der Waals surface area contributed by atoms with Crippen molar-refractivity contribution in [2.75, 3.05) is 39.8 Å². The van der Waals surface area contributed by atoms with Crippen LogP contribution in [-0.4, -0.2) is 61.4 Å². The molecule has 0 aromatic heterocycles. The van der Waals surface area contributed by atoms with Crippen molar-refractivity contribution >= 4 is 23.4 Å². The summed E-state index contributed by atoms with van der Waals surface area (Å²) in [6.07, 6.45) is 0.236. The summed E-state index contributed by atoms with van der Waals surface area (Å²) >= 11 is 5.82. The van der Waals surface area contributed by atoms with E-state index in [0.717, 1.165) is 38.3 Å². The zero-order chi connectivity index (χ0) is 21.3. The highest BCUT2D eigenvalue weighted by Gasteiger charge is 2.14. The highest BCUT2D eigenvalue weighted by Crippen LogP contribution is 2.11. The minimum Gasteiger partial charge on any atom is -0.352 e. The van der Waals surface area contributed by atoms with Crippen LogP contribution in [0.15, 0.2) is 48.5 Å². The van der Waals surface area contributed by atoms with Crippen molar-refractivity contribution in [3.05, 3.63) is 70.2 Å². The van der Waals surface area contributed by atoms with Gasteiger partial charge in [-0.15, -0.1) is 0 Å². The zero-order valence-electron chi connectivity index (χ0n) is 17.4. The minimum absolute atomic E-state index is 0.0872. The molecule has 0 atom stereocenters. The number of carbonyl (C=O) groups excluding carboxylic acids is 2. The third kappa shape index (κ3) is 7.13. The number of amides is 2. The number of likely N-dealkylation sites (N-methyl/N-ethyl adjacent to an activating group) is 1. The lowest BCUT2D eigenvalue weighted by Gasteiger charge is -2.32. The summed E-state index contributed by atoms with van der Waals surface area (Å²) in [5.41, 5.74) is 2.87. The molecule has 1 fully saturated rings. The third-order valence-electron chi connectivity index (χ3n) is 5.23. The van der Waals surface area contributed by atoms with Gasteiger partial charge in [-0.3, -0.25) is 14.5 Å². The monoisotopic (exact) mass is 428 g/mol. The lowest BCUT2D eigenvalue weighted by Crippen LogP contribution is -2.43. The highest BCUT2D eigenvalue weighted by atomic mass is 35.5. The van der Waals surface area contributed by atoms with Crippen LogP contribution in [-0.2, 0) is 17.9 Å². The van der Waals surface area contributed by atoms with Crippen molar-refractivity contribution in [3.63, 3.8) is 0 Å². The molecule has 1 saturated heterocycles. The Labute approximate surface area is 183 Å². The highest BCUT2D eigenvalue weighted by molar-refractivity contribution is 6.30. The molecule has 0 radical (unpaired) electrons. The number of benzene rings is 2. The zero-order valence-corrected chi connectivity index (χ0v) is 18.1. The molecule has 7 heteroatoms. The fourth-order valence-corrected chi connectivity index (χ4v) is 3.51. The topological polar surface area (TPSA) is 64.7 Å². The minimum atomic E-state index is -0.212. The van der Waals surface area contributed by atoms with E-state index in [1.54, 1.807) is 24.3 Å². The van der Waals surface area contributed by atoms with Gasteiger partial charge in [-0.25, -0.2) is 0 Å². The fraction of sp³-hybridized carbons (Fsp3) is 0.391. The van der Waals surface area contributed by atoms with Gasteiger partial charge >= 0.3 is 0 Å². The van der Waals surface area contributed by atoms with Crippen LogP contribution in [0.3, 0.4) is 0 Å². The Kier molecular flexibility index (Phi) is 8.25. The average molecular weight is 429 g/mol. The fourth-order valence-electron chi connectivity index (χ4n) is 3.38. The lowest BCUT2D eigenvalue weighted by molar-refractivity contribution is -0.121. The smallest absolute Gasteiger partial charge is 0.251 e. The van der Waals surface area contributed by atoms with Crippen LogP contribution in [0, 0.1) is 0 Å². The summed E-state index contributed by atoms with van der Waals surface area (Å²) in [5, 5.41) is 6.26. The van der Waals surface area contributed by atoms with Crippen LogP contribution in [0.25, 0.3) is 0 Å². The Balaban J connectivity index is 1.38. The number of nitrogens with zero attached hydrogens (tertiary/aromatic N) is 2. The first-order valence-corrected chi connectivity index (χ1v) is 10.7. The SMILES string of the molecule is CN1CCN(Cc2cccc(CNC(=O)CCNC(=O)c3ccc(Cl)cc3)c2)CC1. The summed E-state index contributed by atoms with van der Waals surface area (Å²) in [6.45, 7) is 6.08. The Hall–Kier alpha value is -2.41. The molecule has 2 amide bonds. The number of carbonyl (C=O) groups is 2. The van der Waals surface area contributed by atoms with Gasteiger partial charge in [0.1, 0.15) is 0 Å². The first-order chi connectivity index (χ1) is 14.5. The predicted octanol–water partition coefficient (Wildman–Crippen LogP) is 2.52. The Morgan fingerprint density at radius 3 is 2.40 bits per heavy atom. The molecule has 6 nitrogen and oxygen atoms in total. The molecule has 2 N–H and O–H groups in total. The van der Waals surface area contributed by atoms with Crippen LogP contribution in [0.2, 0.25) is 5.02 Å². The summed E-state index contributed by atoms with van der Waals surface area (Å²) < 4.78 is 0. The maximum absolute atomic E-state index is 12.1. The van der Waals surface area contributed by atoms with Crippen molar-refractivity contribution in [2.24, 2.45) is 0 Å². The van der Waals surface area contributed by atoms with E-state index >= 15 is 0 Å². The number of hydrogen-bond acceptors (Lipinski definition) is 4. The van der Waals surface area contributed by atoms with Crippen molar-refractivity contribution in [2.45, 2.75) is 19.5 Å². The number of hydrogen-bond donors (Lipinski definition) is 2. The number of piperazine rings is 1. The predicted molar refractivity (Wildman–Crippen MR) is 119 cm³/mol. The van der Waals surface area contributed by atoms with E-state index in [1.807, 2.05) is 12.1 Å². The molecule has 160 valence electrons. The number of halogens is 1. The quantitative estimate of drug-likeness (QED) is 0.678. The first-order valence-electron chi connectivity index (χ1n) is 10.3. The van der Waals surface area contributed by atoms with Gasteiger partial charge in [-0.2, -0.15) is 0 Å². The lowest BCUT2D eigenvalue weighted by atomic mass is 10.1. The van der Waals surface area contributed by atoms with E-state index in [1.165, 1.54) is 5.56 Å². The van der Waals surface area contributed by atoms with E-state index in [4.69, 9.17) is 11.6 Å². The molecule has 0 aliphatic carbocycles. The molecule has 0 saturated carbocycles. The second kappa shape index (κ2) is 11.1. The summed E-state index contributed by atoms with van der Waals surface area (Å²) in [5.74, 6) is -0.299. The van der Waals surface area contributed by atoms with Gasteiger partial charge in [0.2, 0.25) is 5.91 Å². The van der Waals surface area contributed by atoms with E-state index < -0.39 is 0 Å². The van der Waals surface area contributed by atoms with Gasteiger partial charge in [0.05, 0.1) is 0 Å². The number of nitrogens with one attached hydrogen (secondary N) is 2. The van der Waals surface area contributed by atoms with Crippen LogP contribution in [0.4, 0.5) is 0 Å². The van der Waals surface area contributed by atoms with Crippen molar-refractivity contribution in [3.8, 4) is 0 Å². The van der Waals surface area contributed by atoms with E-state index in [-0.39, 0.29) is 24.8 Å². The van der Waals surface area contributed by atoms with E-state index in [2.05, 4.69) is 39.6 Å². The largest absolute Gasteiger partial charge is 0.352 e. The molecule has 2 aromatic carbocycles. The summed E-state index contributed by atoms with van der Waals surface area (Å²) in [6, 6.07) is 15.0. The molecule has 30 heavy (non-hydrogen) atoms. The van der Waals surface area contributed by atoms with E-state index in [9.17, 15) is 9.59 Å². The van der Waals surface area contributed by atoms with Crippen LogP contribution in [0.1, 0.15) is 27.9 Å². The molecule has 1 aliphatic rings. The molecule has 3 rings (SSSR count). The third-order valence-corrected chi connectivity index (χ3v) is 5.48. The first kappa shape index (κ1) is 22.3. The Morgan fingerprint density at radius 1 is 0.967 bits per heavy atom. The van der Waals surface area contributed by atoms with Gasteiger partial charge in [-0.05, 0) is 42.4 Å². The van der Waals surface area contributed by atoms with Crippen molar-refractivity contribution < 1.29 is 9.59 Å². The van der Waals surface area contributed by atoms with Gasteiger partial charge in [0.25, 0.3) is 5.91 Å². The van der Waals surface area contributed by atoms with Gasteiger partial charge in [0, 0.05) is 62.8 Å². The molecule has 0 spiro atoms. The molecule has 0 bridgehead atoms. The second-order valence-corrected chi connectivity index (χ2v) is 8.13. The number of rotatable bonds is 8. The standard InChI is InChI=1S/C23H29ClN4O2/c1-27-11-13-28(14-12-27)17-19-4-2-3-18(15-19)16-26-22(29)9-10-25-23(30)20-5-7-21(24)8-6-20/h2-8,15H,9-14,16-17H2,1H3,(H,25,30)(H,26,29). The summed E-state index contributed by atoms with van der Waals surface area (Å²) in [7, 11) is 2.16. The molecular weight excluding hydrogens is 400 g/mol. The summed E-state index contributed by atoms with van der Waals surface area (Å²) in [4.78, 5) is 29.0. The van der Waals surface area contributed by atoms with Crippen LogP contribution < -0.4 is 10.6 Å². The Morgan fingerprint density at radius 2 is 1.67 bits per heavy atom.